The van der Waals surface area contributed by atoms with E-state index >= 15 is 0 Å². The van der Waals surface area contributed by atoms with Gasteiger partial charge in [-0.25, -0.2) is 4.79 Å². The lowest BCUT2D eigenvalue weighted by Crippen LogP contribution is -2.61. The van der Waals surface area contributed by atoms with Gasteiger partial charge in [-0.05, 0) is 35.6 Å². The molecule has 2 aromatic carbocycles. The Kier molecular flexibility index (Phi) is 7.87. The second-order valence-corrected chi connectivity index (χ2v) is 9.38. The molecular weight excluding hydrogens is 466 g/mol. The van der Waals surface area contributed by atoms with Crippen molar-refractivity contribution in [1.82, 2.24) is 15.1 Å². The first kappa shape index (κ1) is 24.5. The number of rotatable bonds is 10. The van der Waals surface area contributed by atoms with Crippen LogP contribution in [-0.2, 0) is 22.7 Å². The molecule has 8 nitrogen and oxygen atoms in total. The van der Waals surface area contributed by atoms with Crippen LogP contribution in [-0.4, -0.2) is 58.9 Å². The van der Waals surface area contributed by atoms with Crippen molar-refractivity contribution in [1.29, 1.82) is 0 Å². The van der Waals surface area contributed by atoms with Gasteiger partial charge in [0.1, 0.15) is 17.3 Å². The SMILES string of the molecule is COc1ccc(C=O)cc1CN1C(=O)N(CCCC(=O)NCc2ccccc2)C(=O)C2SC=CC21. The van der Waals surface area contributed by atoms with Crippen molar-refractivity contribution < 1.29 is 23.9 Å². The van der Waals surface area contributed by atoms with E-state index in [9.17, 15) is 19.2 Å². The van der Waals surface area contributed by atoms with Crippen molar-refractivity contribution in [3.8, 4) is 5.75 Å². The van der Waals surface area contributed by atoms with Gasteiger partial charge >= 0.3 is 6.03 Å². The number of ether oxygens (including phenoxy) is 1. The summed E-state index contributed by atoms with van der Waals surface area (Å²) in [6.07, 6.45) is 3.17. The van der Waals surface area contributed by atoms with Crippen LogP contribution < -0.4 is 10.1 Å². The molecule has 35 heavy (non-hydrogen) atoms. The summed E-state index contributed by atoms with van der Waals surface area (Å²) in [6, 6.07) is 13.9. The molecule has 0 aliphatic carbocycles. The molecule has 4 rings (SSSR count). The zero-order chi connectivity index (χ0) is 24.8. The zero-order valence-corrected chi connectivity index (χ0v) is 20.2. The number of urea groups is 1. The maximum absolute atomic E-state index is 13.4. The first-order valence-electron chi connectivity index (χ1n) is 11.4. The minimum Gasteiger partial charge on any atom is -0.496 e. The van der Waals surface area contributed by atoms with Crippen molar-refractivity contribution >= 4 is 35.9 Å². The smallest absolute Gasteiger partial charge is 0.327 e. The van der Waals surface area contributed by atoms with Gasteiger partial charge < -0.3 is 15.0 Å². The molecule has 2 heterocycles. The fourth-order valence-electron chi connectivity index (χ4n) is 4.23. The molecule has 2 aromatic rings. The van der Waals surface area contributed by atoms with Crippen LogP contribution in [0.5, 0.6) is 5.75 Å². The van der Waals surface area contributed by atoms with Crippen LogP contribution in [0.15, 0.2) is 60.0 Å². The van der Waals surface area contributed by atoms with Gasteiger partial charge in [0.15, 0.2) is 0 Å². The minimum atomic E-state index is -0.431. The van der Waals surface area contributed by atoms with Crippen molar-refractivity contribution in [3.05, 3.63) is 76.7 Å². The molecule has 2 aliphatic heterocycles. The number of nitrogens with one attached hydrogen (secondary N) is 1. The zero-order valence-electron chi connectivity index (χ0n) is 19.4. The monoisotopic (exact) mass is 493 g/mol. The highest BCUT2D eigenvalue weighted by Crippen LogP contribution is 2.36. The van der Waals surface area contributed by atoms with Crippen LogP contribution in [0.3, 0.4) is 0 Å². The van der Waals surface area contributed by atoms with Gasteiger partial charge in [-0.2, -0.15) is 0 Å². The van der Waals surface area contributed by atoms with Gasteiger partial charge in [-0.3, -0.25) is 19.3 Å². The Labute approximate surface area is 208 Å². The highest BCUT2D eigenvalue weighted by molar-refractivity contribution is 8.03. The third-order valence-corrected chi connectivity index (χ3v) is 7.14. The molecule has 1 fully saturated rings. The lowest BCUT2D eigenvalue weighted by molar-refractivity contribution is -0.132. The van der Waals surface area contributed by atoms with E-state index in [1.54, 1.807) is 23.1 Å². The number of methoxy groups -OCH3 is 1. The fourth-order valence-corrected chi connectivity index (χ4v) is 5.30. The predicted molar refractivity (Wildman–Crippen MR) is 133 cm³/mol. The number of imide groups is 1. The first-order chi connectivity index (χ1) is 17.0. The molecule has 1 saturated heterocycles. The summed E-state index contributed by atoms with van der Waals surface area (Å²) in [5, 5.41) is 4.28. The molecule has 0 saturated carbocycles. The second-order valence-electron chi connectivity index (χ2n) is 8.33. The summed E-state index contributed by atoms with van der Waals surface area (Å²) in [5.41, 5.74) is 2.17. The van der Waals surface area contributed by atoms with E-state index in [0.717, 1.165) is 11.8 Å². The maximum Gasteiger partial charge on any atom is 0.327 e. The number of hydrogen-bond acceptors (Lipinski definition) is 6. The molecule has 2 aliphatic rings. The molecule has 2 atom stereocenters. The molecule has 0 spiro atoms. The van der Waals surface area contributed by atoms with Crippen LogP contribution in [0.2, 0.25) is 0 Å². The summed E-state index contributed by atoms with van der Waals surface area (Å²) in [4.78, 5) is 52.9. The molecule has 9 heteroatoms. The van der Waals surface area contributed by atoms with Gasteiger partial charge in [0.25, 0.3) is 0 Å². The highest BCUT2D eigenvalue weighted by atomic mass is 32.2. The van der Waals surface area contributed by atoms with E-state index in [-0.39, 0.29) is 37.4 Å². The highest BCUT2D eigenvalue weighted by Gasteiger charge is 2.47. The number of hydrogen-bond donors (Lipinski definition) is 1. The Hall–Kier alpha value is -3.59. The lowest BCUT2D eigenvalue weighted by atomic mass is 10.0. The molecule has 0 aromatic heterocycles. The second kappa shape index (κ2) is 11.2. The third kappa shape index (κ3) is 5.57. The number of benzene rings is 2. The Morgan fingerprint density at radius 2 is 1.97 bits per heavy atom. The first-order valence-corrected chi connectivity index (χ1v) is 12.3. The number of amides is 4. The Bertz CT molecular complexity index is 1140. The van der Waals surface area contributed by atoms with E-state index in [1.807, 2.05) is 41.8 Å². The number of carbonyl (C=O) groups is 4. The van der Waals surface area contributed by atoms with Gasteiger partial charge in [0.05, 0.1) is 19.7 Å². The van der Waals surface area contributed by atoms with Crippen molar-refractivity contribution in [2.75, 3.05) is 13.7 Å². The van der Waals surface area contributed by atoms with Gasteiger partial charge in [-0.1, -0.05) is 36.4 Å². The quantitative estimate of drug-likeness (QED) is 0.510. The lowest BCUT2D eigenvalue weighted by Gasteiger charge is -2.41. The third-order valence-electron chi connectivity index (χ3n) is 6.06. The summed E-state index contributed by atoms with van der Waals surface area (Å²) < 4.78 is 5.42. The maximum atomic E-state index is 13.4. The number of fused-ring (bicyclic) bond motifs is 1. The standard InChI is InChI=1S/C26H27N3O5S/c1-34-22-10-9-19(17-30)14-20(22)16-29-21-11-13-35-24(21)25(32)28(26(29)33)12-5-8-23(31)27-15-18-6-3-2-4-7-18/h2-4,6-7,9-11,13-14,17,21,24H,5,8,12,15-16H2,1H3,(H,27,31). The molecule has 0 bridgehead atoms. The topological polar surface area (TPSA) is 96.0 Å². The normalized spacial score (nSPS) is 19.0. The predicted octanol–water partition coefficient (Wildman–Crippen LogP) is 3.37. The average molecular weight is 494 g/mol. The van der Waals surface area contributed by atoms with E-state index < -0.39 is 11.3 Å². The van der Waals surface area contributed by atoms with Crippen LogP contribution in [0.25, 0.3) is 0 Å². The Morgan fingerprint density at radius 3 is 2.71 bits per heavy atom. The number of nitrogens with zero attached hydrogens (tertiary/aromatic N) is 2. The molecule has 1 N–H and O–H groups in total. The van der Waals surface area contributed by atoms with Crippen LogP contribution in [0, 0.1) is 0 Å². The van der Waals surface area contributed by atoms with E-state index in [2.05, 4.69) is 5.32 Å². The Morgan fingerprint density at radius 1 is 1.17 bits per heavy atom. The Balaban J connectivity index is 1.41. The van der Waals surface area contributed by atoms with E-state index in [4.69, 9.17) is 4.74 Å². The van der Waals surface area contributed by atoms with Crippen LogP contribution in [0.1, 0.15) is 34.3 Å². The van der Waals surface area contributed by atoms with Crippen molar-refractivity contribution in [2.45, 2.75) is 37.2 Å². The van der Waals surface area contributed by atoms with Gasteiger partial charge in [0, 0.05) is 30.6 Å². The average Bonchev–Trinajstić information content (AvgIpc) is 3.38. The van der Waals surface area contributed by atoms with Gasteiger partial charge in [0.2, 0.25) is 11.8 Å². The number of thioether (sulfide) groups is 1. The number of carbonyl (C=O) groups excluding carboxylic acids is 4. The fraction of sp³-hybridized carbons (Fsp3) is 0.308. The van der Waals surface area contributed by atoms with E-state index in [1.165, 1.54) is 23.8 Å². The largest absolute Gasteiger partial charge is 0.496 e. The summed E-state index contributed by atoms with van der Waals surface area (Å²) in [7, 11) is 1.53. The summed E-state index contributed by atoms with van der Waals surface area (Å²) in [6.45, 7) is 0.780. The molecule has 0 radical (unpaired) electrons. The van der Waals surface area contributed by atoms with Gasteiger partial charge in [-0.15, -0.1) is 11.8 Å². The van der Waals surface area contributed by atoms with Crippen molar-refractivity contribution in [3.63, 3.8) is 0 Å². The minimum absolute atomic E-state index is 0.132. The van der Waals surface area contributed by atoms with Crippen LogP contribution >= 0.6 is 11.8 Å². The summed E-state index contributed by atoms with van der Waals surface area (Å²) in [5.74, 6) is 0.186. The van der Waals surface area contributed by atoms with Crippen molar-refractivity contribution in [2.24, 2.45) is 0 Å². The number of aldehydes is 1. The molecule has 182 valence electrons. The summed E-state index contributed by atoms with van der Waals surface area (Å²) >= 11 is 1.39. The van der Waals surface area contributed by atoms with Crippen LogP contribution in [0.4, 0.5) is 4.79 Å². The molecule has 2 unspecified atom stereocenters. The van der Waals surface area contributed by atoms with E-state index in [0.29, 0.717) is 29.8 Å². The molecule has 4 amide bonds. The molecular formula is C26H27N3O5S.